The van der Waals surface area contributed by atoms with Crippen LogP contribution in [0.25, 0.3) is 11.3 Å². The Kier molecular flexibility index (Phi) is 4.24. The number of carboxylic acid groups (broad SMARTS) is 1. The molecule has 0 fully saturated rings. The van der Waals surface area contributed by atoms with Gasteiger partial charge in [-0.25, -0.2) is 9.97 Å². The second-order valence-corrected chi connectivity index (χ2v) is 2.92. The molecule has 1 heterocycles. The van der Waals surface area contributed by atoms with Crippen molar-refractivity contribution >= 4 is 5.97 Å². The first-order valence-corrected chi connectivity index (χ1v) is 4.37. The monoisotopic (exact) mass is 206 g/mol. The van der Waals surface area contributed by atoms with Gasteiger partial charge >= 0.3 is 18.9 Å². The Hall–Kier alpha value is -1.63. The van der Waals surface area contributed by atoms with Crippen LogP contribution in [-0.4, -0.2) is 15.9 Å². The van der Waals surface area contributed by atoms with Crippen LogP contribution in [0, 0.1) is 0 Å². The average molecular weight is 206 g/mol. The van der Waals surface area contributed by atoms with Gasteiger partial charge < -0.3 is 9.90 Å². The summed E-state index contributed by atoms with van der Waals surface area (Å²) in [6.07, 6.45) is 1.40. The molecule has 5 heteroatoms. The molecule has 2 rings (SSSR count). The molecular formula is C11H7LiN2O2. The van der Waals surface area contributed by atoms with Crippen molar-refractivity contribution in [3.05, 3.63) is 48.4 Å². The van der Waals surface area contributed by atoms with E-state index in [1.54, 1.807) is 6.07 Å². The number of nitrogens with zero attached hydrogens (tertiary/aromatic N) is 2. The van der Waals surface area contributed by atoms with Gasteiger partial charge in [0.1, 0.15) is 5.97 Å². The molecule has 0 aliphatic carbocycles. The number of hydrogen-bond acceptors (Lipinski definition) is 4. The van der Waals surface area contributed by atoms with Crippen LogP contribution in [0.1, 0.15) is 10.6 Å². The summed E-state index contributed by atoms with van der Waals surface area (Å²) in [6.45, 7) is 0. The topological polar surface area (TPSA) is 65.9 Å². The Morgan fingerprint density at radius 2 is 1.81 bits per heavy atom. The molecule has 1 aromatic carbocycles. The maximum Gasteiger partial charge on any atom is 1.00 e. The molecule has 0 aliphatic rings. The van der Waals surface area contributed by atoms with Gasteiger partial charge in [-0.3, -0.25) is 0 Å². The molecule has 1 aromatic heterocycles. The van der Waals surface area contributed by atoms with Crippen LogP contribution in [0.5, 0.6) is 0 Å². The molecule has 0 unspecified atom stereocenters. The summed E-state index contributed by atoms with van der Waals surface area (Å²) in [7, 11) is 0. The number of aromatic nitrogens is 2. The molecule has 0 saturated heterocycles. The third kappa shape index (κ3) is 2.69. The van der Waals surface area contributed by atoms with Crippen molar-refractivity contribution in [1.29, 1.82) is 0 Å². The molecule has 0 saturated carbocycles. The van der Waals surface area contributed by atoms with E-state index in [1.807, 2.05) is 30.3 Å². The molecule has 0 aliphatic heterocycles. The first kappa shape index (κ1) is 12.4. The minimum absolute atomic E-state index is 0. The maximum atomic E-state index is 10.5. The molecule has 0 amide bonds. The summed E-state index contributed by atoms with van der Waals surface area (Å²) in [5.41, 5.74) is 1.42. The molecular weight excluding hydrogens is 199 g/mol. The number of rotatable bonds is 2. The second kappa shape index (κ2) is 5.45. The van der Waals surface area contributed by atoms with Gasteiger partial charge in [-0.2, -0.15) is 0 Å². The standard InChI is InChI=1S/C11H8N2O2.Li/c14-11(15)10-12-7-6-9(13-10)8-4-2-1-3-5-8;/h1-7H,(H,14,15);/q;+1/p-1. The van der Waals surface area contributed by atoms with Gasteiger partial charge in [-0.05, 0) is 6.07 Å². The molecule has 0 radical (unpaired) electrons. The van der Waals surface area contributed by atoms with E-state index in [-0.39, 0.29) is 24.7 Å². The van der Waals surface area contributed by atoms with E-state index in [0.717, 1.165) is 5.56 Å². The number of hydrogen-bond donors (Lipinski definition) is 0. The van der Waals surface area contributed by atoms with Crippen molar-refractivity contribution in [3.63, 3.8) is 0 Å². The predicted molar refractivity (Wildman–Crippen MR) is 51.8 cm³/mol. The zero-order chi connectivity index (χ0) is 10.7. The van der Waals surface area contributed by atoms with Gasteiger partial charge in [0.25, 0.3) is 0 Å². The van der Waals surface area contributed by atoms with Crippen molar-refractivity contribution in [1.82, 2.24) is 9.97 Å². The third-order valence-electron chi connectivity index (χ3n) is 1.91. The smallest absolute Gasteiger partial charge is 0.542 e. The minimum Gasteiger partial charge on any atom is -0.542 e. The fourth-order valence-corrected chi connectivity index (χ4v) is 1.23. The Morgan fingerprint density at radius 3 is 2.44 bits per heavy atom. The van der Waals surface area contributed by atoms with Crippen LogP contribution in [0.3, 0.4) is 0 Å². The molecule has 0 N–H and O–H groups in total. The fraction of sp³-hybridized carbons (Fsp3) is 0. The van der Waals surface area contributed by atoms with E-state index in [9.17, 15) is 9.90 Å². The second-order valence-electron chi connectivity index (χ2n) is 2.92. The predicted octanol–water partition coefficient (Wildman–Crippen LogP) is -2.49. The van der Waals surface area contributed by atoms with E-state index in [1.165, 1.54) is 6.20 Å². The Labute approximate surface area is 105 Å². The summed E-state index contributed by atoms with van der Waals surface area (Å²) in [6, 6.07) is 10.9. The maximum absolute atomic E-state index is 10.5. The summed E-state index contributed by atoms with van der Waals surface area (Å²) in [5.74, 6) is -1.66. The molecule has 74 valence electrons. The van der Waals surface area contributed by atoms with Gasteiger partial charge in [0, 0.05) is 11.8 Å². The third-order valence-corrected chi connectivity index (χ3v) is 1.91. The average Bonchev–Trinajstić information content (AvgIpc) is 2.30. The Morgan fingerprint density at radius 1 is 1.12 bits per heavy atom. The normalized spacial score (nSPS) is 9.25. The van der Waals surface area contributed by atoms with Crippen LogP contribution in [0.15, 0.2) is 42.6 Å². The van der Waals surface area contributed by atoms with Crippen LogP contribution in [-0.2, 0) is 0 Å². The van der Waals surface area contributed by atoms with Crippen LogP contribution >= 0.6 is 0 Å². The zero-order valence-electron chi connectivity index (χ0n) is 8.75. The van der Waals surface area contributed by atoms with Crippen molar-refractivity contribution in [2.24, 2.45) is 0 Å². The van der Waals surface area contributed by atoms with E-state index in [2.05, 4.69) is 9.97 Å². The molecule has 0 spiro atoms. The molecule has 16 heavy (non-hydrogen) atoms. The van der Waals surface area contributed by atoms with Crippen LogP contribution in [0.2, 0.25) is 0 Å². The van der Waals surface area contributed by atoms with E-state index in [0.29, 0.717) is 5.69 Å². The van der Waals surface area contributed by atoms with Crippen LogP contribution < -0.4 is 24.0 Å². The first-order chi connectivity index (χ1) is 7.27. The van der Waals surface area contributed by atoms with E-state index in [4.69, 9.17) is 0 Å². The van der Waals surface area contributed by atoms with Crippen molar-refractivity contribution in [2.75, 3.05) is 0 Å². The van der Waals surface area contributed by atoms with Crippen molar-refractivity contribution in [2.45, 2.75) is 0 Å². The Balaban J connectivity index is 0.00000128. The molecule has 0 atom stereocenters. The summed E-state index contributed by atoms with van der Waals surface area (Å²) < 4.78 is 0. The summed E-state index contributed by atoms with van der Waals surface area (Å²) in [4.78, 5) is 18.0. The summed E-state index contributed by atoms with van der Waals surface area (Å²) >= 11 is 0. The van der Waals surface area contributed by atoms with Gasteiger partial charge in [-0.1, -0.05) is 30.3 Å². The first-order valence-electron chi connectivity index (χ1n) is 4.37. The number of carboxylic acids is 1. The SMILES string of the molecule is O=C([O-])c1nccc(-c2ccccc2)n1.[Li+]. The molecule has 0 bridgehead atoms. The van der Waals surface area contributed by atoms with E-state index < -0.39 is 5.97 Å². The zero-order valence-corrected chi connectivity index (χ0v) is 8.75. The molecule has 4 nitrogen and oxygen atoms in total. The molecule has 2 aromatic rings. The number of aromatic carboxylic acids is 1. The van der Waals surface area contributed by atoms with Crippen molar-refractivity contribution < 1.29 is 28.8 Å². The van der Waals surface area contributed by atoms with Crippen LogP contribution in [0.4, 0.5) is 0 Å². The number of carbonyl (C=O) groups excluding carboxylic acids is 1. The van der Waals surface area contributed by atoms with Gasteiger partial charge in [0.15, 0.2) is 5.82 Å². The van der Waals surface area contributed by atoms with Gasteiger partial charge in [-0.15, -0.1) is 0 Å². The van der Waals surface area contributed by atoms with E-state index >= 15 is 0 Å². The minimum atomic E-state index is -1.37. The summed E-state index contributed by atoms with van der Waals surface area (Å²) in [5, 5.41) is 10.5. The quantitative estimate of drug-likeness (QED) is 0.510. The number of benzene rings is 1. The van der Waals surface area contributed by atoms with Gasteiger partial charge in [0.05, 0.1) is 5.69 Å². The van der Waals surface area contributed by atoms with Gasteiger partial charge in [0.2, 0.25) is 0 Å². The number of carbonyl (C=O) groups is 1. The van der Waals surface area contributed by atoms with Crippen molar-refractivity contribution in [3.8, 4) is 11.3 Å². The Bertz CT molecular complexity index is 488. The fourth-order valence-electron chi connectivity index (χ4n) is 1.23. The largest absolute Gasteiger partial charge is 1.00 e.